The first-order chi connectivity index (χ1) is 5.66. The molecular weight excluding hydrogens is 148 g/mol. The predicted octanol–water partition coefficient (Wildman–Crippen LogP) is 1.83. The second kappa shape index (κ2) is 4.06. The minimum Gasteiger partial charge on any atom is -0.271 e. The van der Waals surface area contributed by atoms with E-state index in [2.05, 4.69) is 25.9 Å². The zero-order chi connectivity index (χ0) is 9.14. The van der Waals surface area contributed by atoms with Crippen molar-refractivity contribution in [3.63, 3.8) is 0 Å². The van der Waals surface area contributed by atoms with Gasteiger partial charge < -0.3 is 0 Å². The van der Waals surface area contributed by atoms with Crippen LogP contribution in [0.4, 0.5) is 0 Å². The molecule has 1 aliphatic rings. The van der Waals surface area contributed by atoms with Gasteiger partial charge in [0.05, 0.1) is 0 Å². The third kappa shape index (κ3) is 1.87. The van der Waals surface area contributed by atoms with E-state index in [0.717, 1.165) is 11.5 Å². The molecule has 0 aromatic rings. The summed E-state index contributed by atoms with van der Waals surface area (Å²) in [4.78, 5) is 0. The molecule has 1 rings (SSSR count). The monoisotopic (exact) mass is 168 g/mol. The van der Waals surface area contributed by atoms with Gasteiger partial charge in [0.15, 0.2) is 0 Å². The summed E-state index contributed by atoms with van der Waals surface area (Å²) < 4.78 is 0. The van der Waals surface area contributed by atoms with Crippen LogP contribution >= 0.6 is 0 Å². The van der Waals surface area contributed by atoms with Gasteiger partial charge in [-0.15, -0.1) is 0 Å². The van der Waals surface area contributed by atoms with Gasteiger partial charge in [-0.05, 0) is 25.2 Å². The molecule has 0 spiro atoms. The van der Waals surface area contributed by atoms with Crippen LogP contribution in [0.15, 0.2) is 12.2 Å². The molecule has 0 aromatic heterocycles. The van der Waals surface area contributed by atoms with Gasteiger partial charge in [0.2, 0.25) is 0 Å². The summed E-state index contributed by atoms with van der Waals surface area (Å²) in [6.07, 6.45) is 3.98. The minimum atomic E-state index is 0.322. The smallest absolute Gasteiger partial charge is 0.0445 e. The molecule has 2 heteroatoms. The third-order valence-electron chi connectivity index (χ3n) is 3.07. The average Bonchev–Trinajstić information content (AvgIpc) is 2.38. The predicted molar refractivity (Wildman–Crippen MR) is 52.4 cm³/mol. The quantitative estimate of drug-likeness (QED) is 0.383. The molecule has 0 aromatic carbocycles. The van der Waals surface area contributed by atoms with Crippen LogP contribution in [0.1, 0.15) is 33.1 Å². The molecule has 70 valence electrons. The summed E-state index contributed by atoms with van der Waals surface area (Å²) in [5, 5.41) is 0. The van der Waals surface area contributed by atoms with E-state index in [1.807, 2.05) is 0 Å². The molecule has 1 aliphatic carbocycles. The average molecular weight is 168 g/mol. The summed E-state index contributed by atoms with van der Waals surface area (Å²) in [7, 11) is 0. The van der Waals surface area contributed by atoms with Crippen LogP contribution in [0.3, 0.4) is 0 Å². The Morgan fingerprint density at radius 1 is 1.58 bits per heavy atom. The Morgan fingerprint density at radius 2 is 2.25 bits per heavy atom. The standard InChI is InChI=1S/C10H20N2/c1-7(2)10(12-11)9-6-4-5-8(9)3/h8-10,12H,1,4-6,11H2,2-3H3. The van der Waals surface area contributed by atoms with E-state index in [0.29, 0.717) is 12.0 Å². The van der Waals surface area contributed by atoms with Crippen molar-refractivity contribution in [3.8, 4) is 0 Å². The maximum atomic E-state index is 5.50. The van der Waals surface area contributed by atoms with Crippen LogP contribution in [0.25, 0.3) is 0 Å². The lowest BCUT2D eigenvalue weighted by molar-refractivity contribution is 0.330. The van der Waals surface area contributed by atoms with Crippen molar-refractivity contribution >= 4 is 0 Å². The summed E-state index contributed by atoms with van der Waals surface area (Å²) in [6, 6.07) is 0.322. The van der Waals surface area contributed by atoms with Crippen molar-refractivity contribution < 1.29 is 0 Å². The number of nitrogens with two attached hydrogens (primary N) is 1. The largest absolute Gasteiger partial charge is 0.271 e. The summed E-state index contributed by atoms with van der Waals surface area (Å²) in [5.41, 5.74) is 4.04. The Balaban J connectivity index is 2.58. The normalized spacial score (nSPS) is 31.9. The number of hydrogen-bond acceptors (Lipinski definition) is 2. The van der Waals surface area contributed by atoms with Crippen molar-refractivity contribution in [3.05, 3.63) is 12.2 Å². The van der Waals surface area contributed by atoms with Gasteiger partial charge in [-0.25, -0.2) is 0 Å². The maximum Gasteiger partial charge on any atom is 0.0445 e. The SMILES string of the molecule is C=C(C)C(NN)C1CCCC1C. The first kappa shape index (κ1) is 9.75. The molecule has 0 amide bonds. The third-order valence-corrected chi connectivity index (χ3v) is 3.07. The van der Waals surface area contributed by atoms with Crippen molar-refractivity contribution in [1.29, 1.82) is 0 Å². The van der Waals surface area contributed by atoms with E-state index in [9.17, 15) is 0 Å². The van der Waals surface area contributed by atoms with Crippen molar-refractivity contribution in [2.24, 2.45) is 17.7 Å². The second-order valence-electron chi connectivity index (χ2n) is 4.06. The number of hydrogen-bond donors (Lipinski definition) is 2. The fourth-order valence-corrected chi connectivity index (χ4v) is 2.30. The Bertz CT molecular complexity index is 165. The molecule has 2 nitrogen and oxygen atoms in total. The van der Waals surface area contributed by atoms with Gasteiger partial charge in [-0.3, -0.25) is 11.3 Å². The molecule has 0 bridgehead atoms. The summed E-state index contributed by atoms with van der Waals surface area (Å²) in [6.45, 7) is 8.32. The highest BCUT2D eigenvalue weighted by Gasteiger charge is 2.30. The number of nitrogens with one attached hydrogen (secondary N) is 1. The molecule has 1 saturated carbocycles. The molecule has 0 aliphatic heterocycles. The Hall–Kier alpha value is -0.340. The lowest BCUT2D eigenvalue weighted by Crippen LogP contribution is -2.42. The number of rotatable bonds is 3. The van der Waals surface area contributed by atoms with Crippen LogP contribution in [-0.2, 0) is 0 Å². The summed E-state index contributed by atoms with van der Waals surface area (Å²) in [5.74, 6) is 7.00. The van der Waals surface area contributed by atoms with Crippen molar-refractivity contribution in [2.45, 2.75) is 39.2 Å². The molecule has 12 heavy (non-hydrogen) atoms. The van der Waals surface area contributed by atoms with Gasteiger partial charge in [0, 0.05) is 6.04 Å². The van der Waals surface area contributed by atoms with Crippen LogP contribution in [0.5, 0.6) is 0 Å². The first-order valence-corrected chi connectivity index (χ1v) is 4.78. The van der Waals surface area contributed by atoms with E-state index in [1.165, 1.54) is 19.3 Å². The summed E-state index contributed by atoms with van der Waals surface area (Å²) >= 11 is 0. The van der Waals surface area contributed by atoms with E-state index < -0.39 is 0 Å². The highest BCUT2D eigenvalue weighted by molar-refractivity contribution is 5.05. The molecule has 3 atom stereocenters. The van der Waals surface area contributed by atoms with Crippen LogP contribution < -0.4 is 11.3 Å². The Kier molecular flexibility index (Phi) is 3.29. The highest BCUT2D eigenvalue weighted by atomic mass is 15.2. The van der Waals surface area contributed by atoms with Crippen LogP contribution in [0.2, 0.25) is 0 Å². The fraction of sp³-hybridized carbons (Fsp3) is 0.800. The van der Waals surface area contributed by atoms with E-state index in [1.54, 1.807) is 0 Å². The van der Waals surface area contributed by atoms with Gasteiger partial charge in [0.25, 0.3) is 0 Å². The van der Waals surface area contributed by atoms with Crippen molar-refractivity contribution in [2.75, 3.05) is 0 Å². The molecule has 1 fully saturated rings. The lowest BCUT2D eigenvalue weighted by atomic mass is 9.87. The van der Waals surface area contributed by atoms with Gasteiger partial charge in [-0.1, -0.05) is 31.9 Å². The van der Waals surface area contributed by atoms with Crippen LogP contribution in [0, 0.1) is 11.8 Å². The topological polar surface area (TPSA) is 38.0 Å². The molecule has 3 N–H and O–H groups in total. The molecule has 3 unspecified atom stereocenters. The lowest BCUT2D eigenvalue weighted by Gasteiger charge is -2.26. The van der Waals surface area contributed by atoms with E-state index in [4.69, 9.17) is 5.84 Å². The van der Waals surface area contributed by atoms with E-state index in [-0.39, 0.29) is 0 Å². The molecule has 0 saturated heterocycles. The fourth-order valence-electron chi connectivity index (χ4n) is 2.30. The van der Waals surface area contributed by atoms with Gasteiger partial charge in [-0.2, -0.15) is 0 Å². The molecular formula is C10H20N2. The maximum absolute atomic E-state index is 5.50. The van der Waals surface area contributed by atoms with Gasteiger partial charge in [0.1, 0.15) is 0 Å². The van der Waals surface area contributed by atoms with Gasteiger partial charge >= 0.3 is 0 Å². The molecule has 0 radical (unpaired) electrons. The van der Waals surface area contributed by atoms with Crippen LogP contribution in [-0.4, -0.2) is 6.04 Å². The Morgan fingerprint density at radius 3 is 2.58 bits per heavy atom. The number of hydrazine groups is 1. The first-order valence-electron chi connectivity index (χ1n) is 4.78. The second-order valence-corrected chi connectivity index (χ2v) is 4.06. The Labute approximate surface area is 75.2 Å². The zero-order valence-electron chi connectivity index (χ0n) is 8.14. The minimum absolute atomic E-state index is 0.322. The van der Waals surface area contributed by atoms with Crippen molar-refractivity contribution in [1.82, 2.24) is 5.43 Å². The molecule has 0 heterocycles. The zero-order valence-corrected chi connectivity index (χ0v) is 8.14. The highest BCUT2D eigenvalue weighted by Crippen LogP contribution is 2.35. The van der Waals surface area contributed by atoms with E-state index >= 15 is 0 Å².